The van der Waals surface area contributed by atoms with Crippen molar-refractivity contribution in [1.29, 1.82) is 0 Å². The Morgan fingerprint density at radius 2 is 2.05 bits per heavy atom. The summed E-state index contributed by atoms with van der Waals surface area (Å²) in [5.41, 5.74) is 2.33. The Balaban J connectivity index is 1.38. The van der Waals surface area contributed by atoms with Gasteiger partial charge in [-0.05, 0) is 30.2 Å². The molecule has 4 heteroatoms. The van der Waals surface area contributed by atoms with E-state index >= 15 is 0 Å². The summed E-state index contributed by atoms with van der Waals surface area (Å²) >= 11 is 0. The van der Waals surface area contributed by atoms with Crippen molar-refractivity contribution >= 4 is 16.9 Å². The summed E-state index contributed by atoms with van der Waals surface area (Å²) in [6.07, 6.45) is 3.09. The molecule has 4 rings (SSSR count). The minimum atomic E-state index is 0.476. The molecule has 0 amide bonds. The van der Waals surface area contributed by atoms with E-state index in [-0.39, 0.29) is 0 Å². The number of rotatable bonds is 4. The molecule has 2 N–H and O–H groups in total. The second-order valence-corrected chi connectivity index (χ2v) is 5.96. The maximum absolute atomic E-state index is 4.62. The first kappa shape index (κ1) is 13.3. The third kappa shape index (κ3) is 2.83. The van der Waals surface area contributed by atoms with E-state index in [1.165, 1.54) is 5.56 Å². The molecule has 4 nitrogen and oxygen atoms in total. The van der Waals surface area contributed by atoms with Crippen LogP contribution in [0.4, 0.5) is 5.82 Å². The highest BCUT2D eigenvalue weighted by atomic mass is 15.2. The van der Waals surface area contributed by atoms with Gasteiger partial charge in [-0.1, -0.05) is 30.3 Å². The number of anilines is 1. The lowest BCUT2D eigenvalue weighted by molar-refractivity contribution is 0.328. The molecule has 1 aliphatic heterocycles. The van der Waals surface area contributed by atoms with Crippen LogP contribution in [-0.2, 0) is 6.54 Å². The molecule has 0 spiro atoms. The first-order valence-electron chi connectivity index (χ1n) is 7.84. The van der Waals surface area contributed by atoms with Gasteiger partial charge in [-0.15, -0.1) is 0 Å². The number of benzene rings is 1. The van der Waals surface area contributed by atoms with E-state index in [0.29, 0.717) is 6.04 Å². The Labute approximate surface area is 130 Å². The normalized spacial score (nSPS) is 18.8. The zero-order chi connectivity index (χ0) is 14.8. The van der Waals surface area contributed by atoms with E-state index in [4.69, 9.17) is 0 Å². The molecule has 22 heavy (non-hydrogen) atoms. The number of hydrogen-bond donors (Lipinski definition) is 2. The molecule has 1 fully saturated rings. The topological polar surface area (TPSA) is 44.0 Å². The molecule has 112 valence electrons. The molecule has 1 atom stereocenters. The number of likely N-dealkylation sites (tertiary alicyclic amines) is 1. The number of aromatic nitrogens is 2. The first-order valence-corrected chi connectivity index (χ1v) is 7.84. The van der Waals surface area contributed by atoms with Crippen LogP contribution in [0.25, 0.3) is 11.0 Å². The van der Waals surface area contributed by atoms with Crippen LogP contribution < -0.4 is 5.32 Å². The molecule has 0 saturated carbocycles. The van der Waals surface area contributed by atoms with Crippen LogP contribution >= 0.6 is 0 Å². The average Bonchev–Trinajstić information content (AvgIpc) is 3.17. The summed E-state index contributed by atoms with van der Waals surface area (Å²) < 4.78 is 0. The van der Waals surface area contributed by atoms with Gasteiger partial charge in [-0.25, -0.2) is 4.98 Å². The van der Waals surface area contributed by atoms with Crippen molar-refractivity contribution in [2.24, 2.45) is 0 Å². The van der Waals surface area contributed by atoms with Crippen LogP contribution in [0, 0.1) is 0 Å². The van der Waals surface area contributed by atoms with Crippen LogP contribution in [-0.4, -0.2) is 34.0 Å². The van der Waals surface area contributed by atoms with Crippen LogP contribution in [0.1, 0.15) is 12.0 Å². The van der Waals surface area contributed by atoms with Crippen LogP contribution in [0.15, 0.2) is 54.7 Å². The van der Waals surface area contributed by atoms with Crippen LogP contribution in [0.5, 0.6) is 0 Å². The van der Waals surface area contributed by atoms with E-state index in [2.05, 4.69) is 62.6 Å². The third-order valence-electron chi connectivity index (χ3n) is 4.28. The second-order valence-electron chi connectivity index (χ2n) is 5.96. The monoisotopic (exact) mass is 292 g/mol. The Kier molecular flexibility index (Phi) is 3.52. The van der Waals surface area contributed by atoms with Gasteiger partial charge in [0.25, 0.3) is 0 Å². The van der Waals surface area contributed by atoms with E-state index in [1.807, 2.05) is 12.3 Å². The highest BCUT2D eigenvalue weighted by molar-refractivity contribution is 5.77. The van der Waals surface area contributed by atoms with Crippen molar-refractivity contribution < 1.29 is 0 Å². The SMILES string of the molecule is c1ccc(CN2CC[C@H](Nc3ccc4cc[nH]c4n3)C2)cc1. The number of H-pyrrole nitrogens is 1. The molecule has 0 bridgehead atoms. The van der Waals surface area contributed by atoms with E-state index in [9.17, 15) is 0 Å². The van der Waals surface area contributed by atoms with E-state index in [0.717, 1.165) is 42.9 Å². The summed E-state index contributed by atoms with van der Waals surface area (Å²) in [6, 6.07) is 17.4. The minimum Gasteiger partial charge on any atom is -0.366 e. The van der Waals surface area contributed by atoms with Gasteiger partial charge < -0.3 is 10.3 Å². The average molecular weight is 292 g/mol. The fraction of sp³-hybridized carbons (Fsp3) is 0.278. The predicted molar refractivity (Wildman–Crippen MR) is 89.8 cm³/mol. The smallest absolute Gasteiger partial charge is 0.139 e. The molecule has 1 saturated heterocycles. The van der Waals surface area contributed by atoms with Crippen molar-refractivity contribution in [2.75, 3.05) is 18.4 Å². The van der Waals surface area contributed by atoms with Crippen molar-refractivity contribution in [3.63, 3.8) is 0 Å². The Morgan fingerprint density at radius 3 is 2.95 bits per heavy atom. The number of fused-ring (bicyclic) bond motifs is 1. The number of aromatic amines is 1. The molecule has 3 heterocycles. The number of pyridine rings is 1. The highest BCUT2D eigenvalue weighted by Crippen LogP contribution is 2.19. The first-order chi connectivity index (χ1) is 10.9. The van der Waals surface area contributed by atoms with Gasteiger partial charge in [0.1, 0.15) is 11.5 Å². The maximum Gasteiger partial charge on any atom is 0.139 e. The molecule has 0 radical (unpaired) electrons. The van der Waals surface area contributed by atoms with E-state index < -0.39 is 0 Å². The van der Waals surface area contributed by atoms with E-state index in [1.54, 1.807) is 0 Å². The summed E-state index contributed by atoms with van der Waals surface area (Å²) in [6.45, 7) is 3.23. The Bertz CT molecular complexity index is 750. The van der Waals surface area contributed by atoms with Gasteiger partial charge in [-0.2, -0.15) is 0 Å². The second kappa shape index (κ2) is 5.81. The van der Waals surface area contributed by atoms with Crippen molar-refractivity contribution in [1.82, 2.24) is 14.9 Å². The van der Waals surface area contributed by atoms with Gasteiger partial charge >= 0.3 is 0 Å². The maximum atomic E-state index is 4.62. The number of hydrogen-bond acceptors (Lipinski definition) is 3. The number of nitrogens with one attached hydrogen (secondary N) is 2. The lowest BCUT2D eigenvalue weighted by Gasteiger charge is -2.17. The quantitative estimate of drug-likeness (QED) is 0.776. The Morgan fingerprint density at radius 1 is 1.14 bits per heavy atom. The molecule has 3 aromatic rings. The van der Waals surface area contributed by atoms with Gasteiger partial charge in [0.15, 0.2) is 0 Å². The van der Waals surface area contributed by atoms with Crippen LogP contribution in [0.3, 0.4) is 0 Å². The van der Waals surface area contributed by atoms with Gasteiger partial charge in [0, 0.05) is 37.3 Å². The summed E-state index contributed by atoms with van der Waals surface area (Å²) in [4.78, 5) is 10.3. The lowest BCUT2D eigenvalue weighted by atomic mass is 10.2. The van der Waals surface area contributed by atoms with Gasteiger partial charge in [-0.3, -0.25) is 4.90 Å². The van der Waals surface area contributed by atoms with Crippen LogP contribution in [0.2, 0.25) is 0 Å². The lowest BCUT2D eigenvalue weighted by Crippen LogP contribution is -2.26. The van der Waals surface area contributed by atoms with Gasteiger partial charge in [0.2, 0.25) is 0 Å². The molecular weight excluding hydrogens is 272 g/mol. The molecular formula is C18H20N4. The zero-order valence-corrected chi connectivity index (χ0v) is 12.5. The fourth-order valence-electron chi connectivity index (χ4n) is 3.16. The molecule has 0 unspecified atom stereocenters. The summed E-state index contributed by atoms with van der Waals surface area (Å²) in [7, 11) is 0. The Hall–Kier alpha value is -2.33. The predicted octanol–water partition coefficient (Wildman–Crippen LogP) is 3.25. The molecule has 1 aliphatic rings. The highest BCUT2D eigenvalue weighted by Gasteiger charge is 2.22. The number of nitrogens with zero attached hydrogens (tertiary/aromatic N) is 2. The molecule has 1 aromatic carbocycles. The third-order valence-corrected chi connectivity index (χ3v) is 4.28. The summed E-state index contributed by atoms with van der Waals surface area (Å²) in [5, 5.41) is 4.72. The largest absolute Gasteiger partial charge is 0.366 e. The standard InChI is InChI=1S/C18H20N4/c1-2-4-14(5-3-1)12-22-11-9-16(13-22)20-17-7-6-15-8-10-19-18(15)21-17/h1-8,10,16H,9,11-13H2,(H2,19,20,21)/t16-/m0/s1. The van der Waals surface area contributed by atoms with Crippen molar-refractivity contribution in [3.8, 4) is 0 Å². The zero-order valence-electron chi connectivity index (χ0n) is 12.5. The molecule has 0 aliphatic carbocycles. The van der Waals surface area contributed by atoms with Crippen molar-refractivity contribution in [2.45, 2.75) is 19.0 Å². The molecule has 2 aromatic heterocycles. The van der Waals surface area contributed by atoms with Crippen molar-refractivity contribution in [3.05, 3.63) is 60.3 Å². The van der Waals surface area contributed by atoms with Gasteiger partial charge in [0.05, 0.1) is 0 Å². The minimum absolute atomic E-state index is 0.476. The summed E-state index contributed by atoms with van der Waals surface area (Å²) in [5.74, 6) is 0.960. The fourth-order valence-corrected chi connectivity index (χ4v) is 3.16.